The van der Waals surface area contributed by atoms with E-state index in [1.54, 1.807) is 36.5 Å². The average Bonchev–Trinajstić information content (AvgIpc) is 1.54. The molecular weight excluding hydrogens is 1570 g/mol. The molecule has 0 aliphatic heterocycles. The van der Waals surface area contributed by atoms with Gasteiger partial charge in [0.2, 0.25) is 0 Å². The summed E-state index contributed by atoms with van der Waals surface area (Å²) in [4.78, 5) is 30.9. The van der Waals surface area contributed by atoms with E-state index in [1.165, 1.54) is 45.5 Å². The standard InChI is InChI=1S/C22H23N4O.C18H16N5.C18H14N3O.C18H14N3S.2Ir/c1-13(2)17-7-6-8-18(14(3)4)21(17)26-12-23-25-22(26)16-9-10-20-19(11-16)24-15(5)27-20;1-12-5-4-6-13(2)17(12)23-18(19-10-21-23)14-7-8-16-15(9-14)20-11-22(16)3;1-12-5-3-6-13(2)16(12)21-10-9-19-18(21)14-7-4-8-15-17(14)22-11-20-15;1-12-4-3-5-13(2)17(12)21-9-8-19-18(21)14-6-7-16-15(10-14)20-11-22-16;;/h6-8,10-14H,1-5H3;4-6,8-11H,1-3H3;3-6,8-11H,1-2H3;3-5,7-11H,1-2H3;;/q4*-1;;. The van der Waals surface area contributed by atoms with Crippen LogP contribution >= 0.6 is 11.3 Å². The van der Waals surface area contributed by atoms with Gasteiger partial charge in [-0.25, -0.2) is 9.97 Å². The summed E-state index contributed by atoms with van der Waals surface area (Å²) in [7, 11) is 1.97. The molecule has 20 heteroatoms. The molecule has 2 radical (unpaired) electrons. The second-order valence-electron chi connectivity index (χ2n) is 23.7. The average molecular weight is 1640 g/mol. The number of oxazole rings is 2. The molecule has 0 atom stereocenters. The van der Waals surface area contributed by atoms with Crippen LogP contribution < -0.4 is 0 Å². The van der Waals surface area contributed by atoms with Crippen LogP contribution in [0.15, 0.2) is 186 Å². The maximum Gasteiger partial charge on any atom is 0.180 e. The van der Waals surface area contributed by atoms with Gasteiger partial charge in [-0.1, -0.05) is 106 Å². The summed E-state index contributed by atoms with van der Waals surface area (Å²) in [6.07, 6.45) is 14.2. The Hall–Kier alpha value is -9.94. The first-order chi connectivity index (χ1) is 45.6. The minimum Gasteiger partial charge on any atom is -0.490 e. The molecule has 0 saturated carbocycles. The van der Waals surface area contributed by atoms with Crippen LogP contribution in [0, 0.1) is 72.7 Å². The number of nitrogens with zero attached hydrogens (tertiary/aromatic N) is 15. The summed E-state index contributed by atoms with van der Waals surface area (Å²) in [6, 6.07) is 54.0. The van der Waals surface area contributed by atoms with Gasteiger partial charge in [0.05, 0.1) is 52.0 Å². The molecule has 0 aliphatic carbocycles. The molecule has 8 aromatic heterocycles. The van der Waals surface area contributed by atoms with Crippen LogP contribution in [-0.4, -0.2) is 73.1 Å². The maximum absolute atomic E-state index is 5.57. The Kier molecular flexibility index (Phi) is 20.4. The monoisotopic (exact) mass is 1640 g/mol. The molecule has 0 saturated heterocycles. The van der Waals surface area contributed by atoms with Gasteiger partial charge in [-0.15, -0.1) is 94.6 Å². The molecule has 0 spiro atoms. The summed E-state index contributed by atoms with van der Waals surface area (Å²) >= 11 is 1.63. The number of aryl methyl sites for hydroxylation is 8. The van der Waals surface area contributed by atoms with Crippen molar-refractivity contribution in [2.45, 2.75) is 88.0 Å². The number of rotatable bonds is 10. The van der Waals surface area contributed by atoms with Crippen LogP contribution in [0.1, 0.15) is 89.9 Å². The maximum atomic E-state index is 5.57. The third kappa shape index (κ3) is 13.4. The first-order valence-electron chi connectivity index (χ1n) is 30.9. The van der Waals surface area contributed by atoms with E-state index in [4.69, 9.17) is 8.83 Å². The third-order valence-electron chi connectivity index (χ3n) is 16.6. The van der Waals surface area contributed by atoms with Gasteiger partial charge in [0, 0.05) is 113 Å². The molecule has 16 rings (SSSR count). The van der Waals surface area contributed by atoms with Gasteiger partial charge in [0.25, 0.3) is 0 Å². The van der Waals surface area contributed by atoms with E-state index >= 15 is 0 Å². The smallest absolute Gasteiger partial charge is 0.180 e. The van der Waals surface area contributed by atoms with E-state index in [2.05, 4.69) is 236 Å². The quantitative estimate of drug-likeness (QED) is 0.118. The van der Waals surface area contributed by atoms with Crippen molar-refractivity contribution >= 4 is 54.8 Å². The van der Waals surface area contributed by atoms with E-state index < -0.39 is 0 Å². The van der Waals surface area contributed by atoms with Crippen LogP contribution in [0.4, 0.5) is 0 Å². The summed E-state index contributed by atoms with van der Waals surface area (Å²) < 4.78 is 22.4. The van der Waals surface area contributed by atoms with Gasteiger partial charge in [-0.05, 0) is 114 Å². The van der Waals surface area contributed by atoms with Crippen LogP contribution in [0.2, 0.25) is 0 Å². The van der Waals surface area contributed by atoms with Crippen molar-refractivity contribution in [3.63, 3.8) is 0 Å². The Balaban J connectivity index is 0.000000130. The molecule has 16 aromatic rings. The first kappa shape index (κ1) is 67.5. The van der Waals surface area contributed by atoms with Crippen molar-refractivity contribution in [2.24, 2.45) is 7.05 Å². The molecule has 8 aromatic carbocycles. The second kappa shape index (κ2) is 29.0. The fourth-order valence-corrected chi connectivity index (χ4v) is 12.7. The van der Waals surface area contributed by atoms with E-state index in [0.29, 0.717) is 23.3 Å². The number of imidazole rings is 3. The molecule has 0 fully saturated rings. The van der Waals surface area contributed by atoms with Crippen molar-refractivity contribution in [3.05, 3.63) is 252 Å². The Bertz CT molecular complexity index is 5300. The van der Waals surface area contributed by atoms with Gasteiger partial charge >= 0.3 is 0 Å². The van der Waals surface area contributed by atoms with E-state index in [0.717, 1.165) is 112 Å². The molecule has 0 unspecified atom stereocenters. The van der Waals surface area contributed by atoms with Crippen LogP contribution in [0.3, 0.4) is 0 Å². The van der Waals surface area contributed by atoms with Crippen LogP contribution in [0.5, 0.6) is 0 Å². The zero-order chi connectivity index (χ0) is 65.3. The van der Waals surface area contributed by atoms with Gasteiger partial charge in [-0.3, -0.25) is 29.6 Å². The fourth-order valence-electron chi connectivity index (χ4n) is 12.1. The number of benzene rings is 8. The Labute approximate surface area is 587 Å². The van der Waals surface area contributed by atoms with Gasteiger partial charge in [0.1, 0.15) is 12.7 Å². The minimum absolute atomic E-state index is 0. The second-order valence-corrected chi connectivity index (χ2v) is 24.6. The van der Waals surface area contributed by atoms with Gasteiger partial charge in [-0.2, -0.15) is 21.5 Å². The van der Waals surface area contributed by atoms with Gasteiger partial charge < -0.3 is 27.1 Å². The summed E-state index contributed by atoms with van der Waals surface area (Å²) in [5.74, 6) is 4.65. The minimum atomic E-state index is 0. The Morgan fingerprint density at radius 1 is 0.510 bits per heavy atom. The number of hydrogen-bond donors (Lipinski definition) is 0. The van der Waals surface area contributed by atoms with Crippen molar-refractivity contribution in [1.82, 2.24) is 73.1 Å². The summed E-state index contributed by atoms with van der Waals surface area (Å²) in [5, 5.41) is 13.0. The van der Waals surface area contributed by atoms with Crippen molar-refractivity contribution in [2.75, 3.05) is 0 Å². The predicted octanol–water partition coefficient (Wildman–Crippen LogP) is 17.3. The number of fused-ring (bicyclic) bond motifs is 4. The Morgan fingerprint density at radius 3 is 1.75 bits per heavy atom. The Morgan fingerprint density at radius 2 is 1.08 bits per heavy atom. The van der Waals surface area contributed by atoms with E-state index in [1.807, 2.05) is 89.8 Å². The van der Waals surface area contributed by atoms with E-state index in [9.17, 15) is 0 Å². The fraction of sp³-hybridized carbons (Fsp3) is 0.184. The molecule has 8 heterocycles. The largest absolute Gasteiger partial charge is 0.490 e. The number of aromatic nitrogens is 15. The van der Waals surface area contributed by atoms with Crippen molar-refractivity contribution in [1.29, 1.82) is 0 Å². The zero-order valence-corrected chi connectivity index (χ0v) is 60.6. The first-order valence-corrected chi connectivity index (χ1v) is 31.8. The molecule has 17 nitrogen and oxygen atoms in total. The topological polar surface area (TPSA) is 180 Å². The summed E-state index contributed by atoms with van der Waals surface area (Å²) in [6.45, 7) is 23.3. The van der Waals surface area contributed by atoms with Crippen LogP contribution in [-0.2, 0) is 47.3 Å². The molecule has 96 heavy (non-hydrogen) atoms. The van der Waals surface area contributed by atoms with Gasteiger partial charge in [0.15, 0.2) is 12.3 Å². The van der Waals surface area contributed by atoms with Crippen LogP contribution in [0.25, 0.3) is 112 Å². The third-order valence-corrected chi connectivity index (χ3v) is 17.4. The summed E-state index contributed by atoms with van der Waals surface area (Å²) in [5.41, 5.74) is 25.7. The molecule has 0 N–H and O–H groups in total. The molecule has 0 bridgehead atoms. The SMILES string of the molecule is Cc1cccc(C)c1-n1ccnc1-c1[c-]cc2scnc2c1.Cc1cccc(C)c1-n1ccnc1-c1[c-]ccc2ncoc12.Cc1cccc(C)c1-n1ncnc1-c1[c-]cc2c(c1)ncn2C.Cc1nc2cc(-c3nncn3-c3c(C(C)C)cccc3C(C)C)[c-]cc2o1.[Ir].[Ir]. The van der Waals surface area contributed by atoms with Crippen molar-refractivity contribution in [3.8, 4) is 68.3 Å². The number of para-hydroxylation sites is 4. The predicted molar refractivity (Wildman–Crippen MR) is 371 cm³/mol. The number of thiazole rings is 1. The van der Waals surface area contributed by atoms with Crippen molar-refractivity contribution < 1.29 is 49.0 Å². The normalized spacial score (nSPS) is 11.1. The van der Waals surface area contributed by atoms with E-state index in [-0.39, 0.29) is 40.2 Å². The molecule has 486 valence electrons. The molecule has 0 aliphatic rings. The number of hydrogen-bond acceptors (Lipinski definition) is 13. The molecule has 0 amide bonds. The zero-order valence-electron chi connectivity index (χ0n) is 55.0. The molecular formula is C76H67Ir2N15O2S-4.